The number of rotatable bonds is 3. The lowest BCUT2D eigenvalue weighted by Crippen LogP contribution is -2.46. The first kappa shape index (κ1) is 20.8. The van der Waals surface area contributed by atoms with Gasteiger partial charge in [-0.25, -0.2) is 15.4 Å². The number of aliphatic imine (C=N–C) groups is 1. The van der Waals surface area contributed by atoms with Crippen LogP contribution in [0.1, 0.15) is 5.56 Å². The molecule has 0 aliphatic carbocycles. The van der Waals surface area contributed by atoms with E-state index >= 15 is 0 Å². The summed E-state index contributed by atoms with van der Waals surface area (Å²) < 4.78 is 5.35. The predicted molar refractivity (Wildman–Crippen MR) is 122 cm³/mol. The number of nitrogens with one attached hydrogen (secondary N) is 2. The van der Waals surface area contributed by atoms with Crippen LogP contribution in [0.25, 0.3) is 11.1 Å². The second kappa shape index (κ2) is 10.1. The van der Waals surface area contributed by atoms with Gasteiger partial charge in [-0.2, -0.15) is 0 Å². The van der Waals surface area contributed by atoms with Crippen molar-refractivity contribution in [3.8, 4) is 11.1 Å². The molecule has 3 aliphatic heterocycles. The third kappa shape index (κ3) is 5.20. The molecular formula is C24H27N5O2. The molecule has 1 fully saturated rings. The molecule has 0 unspecified atom stereocenters. The van der Waals surface area contributed by atoms with Crippen molar-refractivity contribution in [2.75, 3.05) is 32.8 Å². The van der Waals surface area contributed by atoms with Gasteiger partial charge in [-0.3, -0.25) is 4.79 Å². The highest BCUT2D eigenvalue weighted by atomic mass is 16.5. The lowest BCUT2D eigenvalue weighted by molar-refractivity contribution is -0.108. The molecule has 160 valence electrons. The lowest BCUT2D eigenvalue weighted by atomic mass is 10.0. The van der Waals surface area contributed by atoms with Crippen LogP contribution < -0.4 is 10.7 Å². The highest BCUT2D eigenvalue weighted by Crippen LogP contribution is 2.23. The fourth-order valence-electron chi connectivity index (χ4n) is 3.57. The molecule has 0 saturated carbocycles. The van der Waals surface area contributed by atoms with Crippen molar-refractivity contribution in [2.45, 2.75) is 6.92 Å². The Morgan fingerprint density at radius 1 is 1.03 bits per heavy atom. The van der Waals surface area contributed by atoms with Crippen LogP contribution in [0.2, 0.25) is 0 Å². The minimum Gasteiger partial charge on any atom is -0.378 e. The van der Waals surface area contributed by atoms with Gasteiger partial charge in [0.25, 0.3) is 0 Å². The summed E-state index contributed by atoms with van der Waals surface area (Å²) in [5.74, 6) is 2.39. The summed E-state index contributed by atoms with van der Waals surface area (Å²) in [6.07, 6.45) is 4.50. The molecule has 5 rings (SSSR count). The molecule has 0 spiro atoms. The summed E-state index contributed by atoms with van der Waals surface area (Å²) in [5.41, 5.74) is 7.10. The molecule has 2 aromatic carbocycles. The van der Waals surface area contributed by atoms with Crippen molar-refractivity contribution < 1.29 is 9.53 Å². The van der Waals surface area contributed by atoms with Crippen LogP contribution in [0, 0.1) is 6.92 Å². The monoisotopic (exact) mass is 417 g/mol. The summed E-state index contributed by atoms with van der Waals surface area (Å²) in [6, 6.07) is 19.0. The number of hydrogen-bond acceptors (Lipinski definition) is 6. The Morgan fingerprint density at radius 2 is 1.74 bits per heavy atom. The molecule has 7 nitrogen and oxygen atoms in total. The average Bonchev–Trinajstić information content (AvgIpc) is 3.30. The Morgan fingerprint density at radius 3 is 2.45 bits per heavy atom. The number of nitrogens with zero attached hydrogens (tertiary/aromatic N) is 3. The Kier molecular flexibility index (Phi) is 6.76. The number of benzene rings is 2. The average molecular weight is 418 g/mol. The molecule has 7 heteroatoms. The number of amides is 1. The maximum absolute atomic E-state index is 10.5. The van der Waals surface area contributed by atoms with Crippen molar-refractivity contribution >= 4 is 12.2 Å². The van der Waals surface area contributed by atoms with Crippen LogP contribution in [-0.2, 0) is 9.53 Å². The third-order valence-corrected chi connectivity index (χ3v) is 5.19. The number of hydrazine groups is 1. The van der Waals surface area contributed by atoms with Crippen molar-refractivity contribution in [1.82, 2.24) is 20.7 Å². The van der Waals surface area contributed by atoms with E-state index in [0.717, 1.165) is 44.5 Å². The van der Waals surface area contributed by atoms with Crippen molar-refractivity contribution in [2.24, 2.45) is 4.99 Å². The quantitative estimate of drug-likeness (QED) is 0.752. The van der Waals surface area contributed by atoms with Gasteiger partial charge < -0.3 is 15.0 Å². The zero-order chi connectivity index (χ0) is 21.5. The molecule has 2 aromatic rings. The van der Waals surface area contributed by atoms with Gasteiger partial charge in [0.2, 0.25) is 6.41 Å². The summed E-state index contributed by atoms with van der Waals surface area (Å²) >= 11 is 0. The highest BCUT2D eigenvalue weighted by Gasteiger charge is 2.28. The van der Waals surface area contributed by atoms with E-state index < -0.39 is 0 Å². The van der Waals surface area contributed by atoms with E-state index in [2.05, 4.69) is 76.1 Å². The molecule has 31 heavy (non-hydrogen) atoms. The number of aryl methyl sites for hydroxylation is 1. The van der Waals surface area contributed by atoms with E-state index in [-0.39, 0.29) is 0 Å². The minimum atomic E-state index is 0.567. The molecule has 3 aliphatic rings. The molecular weight excluding hydrogens is 390 g/mol. The molecule has 3 heterocycles. The zero-order valence-electron chi connectivity index (χ0n) is 17.6. The van der Waals surface area contributed by atoms with E-state index in [9.17, 15) is 4.79 Å². The number of amidine groups is 1. The zero-order valence-corrected chi connectivity index (χ0v) is 17.6. The molecule has 0 aromatic heterocycles. The van der Waals surface area contributed by atoms with Gasteiger partial charge >= 0.3 is 0 Å². The maximum atomic E-state index is 10.5. The summed E-state index contributed by atoms with van der Waals surface area (Å²) in [7, 11) is 0. The molecule has 0 atom stereocenters. The van der Waals surface area contributed by atoms with Crippen LogP contribution in [0.3, 0.4) is 0 Å². The first-order valence-electron chi connectivity index (χ1n) is 10.4. The van der Waals surface area contributed by atoms with Crippen LogP contribution >= 0.6 is 0 Å². The minimum absolute atomic E-state index is 0.567. The van der Waals surface area contributed by atoms with Crippen LogP contribution in [-0.4, -0.2) is 55.0 Å². The van der Waals surface area contributed by atoms with Gasteiger partial charge in [0.15, 0.2) is 0 Å². The highest BCUT2D eigenvalue weighted by molar-refractivity contribution is 6.00. The standard InChI is InChI=1S/C13H12.C11H15N5O2/c1-11-7-9-13(10-8-11)12-5-3-2-4-6-12;17-8-12-9-7-11(15-3-5-18-6-4-15)16-10(14-9)1-2-13-16/h2-10H,1H3;1,7-8,13H,2-6H2,(H,12,14,17). The number of carbonyl (C=O) groups is 1. The summed E-state index contributed by atoms with van der Waals surface area (Å²) in [6.45, 7) is 5.97. The van der Waals surface area contributed by atoms with Gasteiger partial charge in [0.05, 0.1) is 13.2 Å². The number of fused-ring (bicyclic) bond motifs is 1. The maximum Gasteiger partial charge on any atom is 0.212 e. The Hall–Kier alpha value is -3.42. The van der Waals surface area contributed by atoms with Gasteiger partial charge in [0.1, 0.15) is 17.5 Å². The van der Waals surface area contributed by atoms with Crippen molar-refractivity contribution in [3.63, 3.8) is 0 Å². The first-order chi connectivity index (χ1) is 15.2. The second-order valence-corrected chi connectivity index (χ2v) is 7.35. The number of carbonyl (C=O) groups excluding carboxylic acids is 1. The van der Waals surface area contributed by atoms with Gasteiger partial charge in [-0.05, 0) is 24.1 Å². The fraction of sp³-hybridized carbons (Fsp3) is 0.250. The third-order valence-electron chi connectivity index (χ3n) is 5.19. The lowest BCUT2D eigenvalue weighted by Gasteiger charge is -2.37. The SMILES string of the molecule is Cc1ccc(-c2ccccc2)cc1.O=CNC1=NC2=CCNN2C(N2CCOCC2)=C1. The van der Waals surface area contributed by atoms with Crippen molar-refractivity contribution in [1.29, 1.82) is 0 Å². The van der Waals surface area contributed by atoms with E-state index in [1.165, 1.54) is 16.7 Å². The van der Waals surface area contributed by atoms with Crippen LogP contribution in [0.5, 0.6) is 0 Å². The Bertz CT molecular complexity index is 977. The summed E-state index contributed by atoms with van der Waals surface area (Å²) in [5, 5.41) is 4.55. The smallest absolute Gasteiger partial charge is 0.212 e. The largest absolute Gasteiger partial charge is 0.378 e. The van der Waals surface area contributed by atoms with Crippen LogP contribution in [0.15, 0.2) is 83.4 Å². The van der Waals surface area contributed by atoms with Crippen molar-refractivity contribution in [3.05, 3.63) is 84.0 Å². The second-order valence-electron chi connectivity index (χ2n) is 7.35. The molecule has 1 saturated heterocycles. The molecule has 2 N–H and O–H groups in total. The van der Waals surface area contributed by atoms with Crippen LogP contribution in [0.4, 0.5) is 0 Å². The Balaban J connectivity index is 0.000000158. The summed E-state index contributed by atoms with van der Waals surface area (Å²) in [4.78, 5) is 17.1. The predicted octanol–water partition coefficient (Wildman–Crippen LogP) is 2.64. The van der Waals surface area contributed by atoms with E-state index in [4.69, 9.17) is 4.74 Å². The molecule has 0 bridgehead atoms. The fourth-order valence-corrected chi connectivity index (χ4v) is 3.57. The van der Waals surface area contributed by atoms with E-state index in [0.29, 0.717) is 12.2 Å². The number of ether oxygens (including phenoxy) is 1. The molecule has 0 radical (unpaired) electrons. The van der Waals surface area contributed by atoms with E-state index in [1.54, 1.807) is 0 Å². The van der Waals surface area contributed by atoms with Gasteiger partial charge in [-0.1, -0.05) is 60.2 Å². The van der Waals surface area contributed by atoms with Gasteiger partial charge in [0, 0.05) is 25.7 Å². The van der Waals surface area contributed by atoms with Gasteiger partial charge in [-0.15, -0.1) is 0 Å². The first-order valence-corrected chi connectivity index (χ1v) is 10.4. The number of hydrogen-bond donors (Lipinski definition) is 2. The normalized spacial score (nSPS) is 17.5. The molecule has 1 amide bonds. The Labute approximate surface area is 182 Å². The topological polar surface area (TPSA) is 69.2 Å². The number of morpholine rings is 1. The van der Waals surface area contributed by atoms with E-state index in [1.807, 2.05) is 23.2 Å².